The number of pyridine rings is 2. The number of carboxylic acids is 1. The summed E-state index contributed by atoms with van der Waals surface area (Å²) in [5, 5.41) is 27.1. The Balaban J connectivity index is 0.000000416. The molecule has 0 unspecified atom stereocenters. The number of aliphatic hydroxyl groups is 2. The van der Waals surface area contributed by atoms with Gasteiger partial charge in [-0.15, -0.1) is 0 Å². The average Bonchev–Trinajstić information content (AvgIpc) is 2.87. The van der Waals surface area contributed by atoms with Gasteiger partial charge in [0, 0.05) is 36.6 Å². The van der Waals surface area contributed by atoms with Gasteiger partial charge in [-0.2, -0.15) is 26.3 Å². The van der Waals surface area contributed by atoms with Crippen LogP contribution in [0.1, 0.15) is 35.5 Å². The summed E-state index contributed by atoms with van der Waals surface area (Å²) in [5.41, 5.74) is -0.783. The molecule has 2 heterocycles. The summed E-state index contributed by atoms with van der Waals surface area (Å²) < 4.78 is 78.5. The number of halogens is 6. The summed E-state index contributed by atoms with van der Waals surface area (Å²) in [6.45, 7) is 0.0111. The second-order valence-corrected chi connectivity index (χ2v) is 7.94. The van der Waals surface area contributed by atoms with E-state index in [1.807, 2.05) is 6.07 Å². The van der Waals surface area contributed by atoms with Crippen LogP contribution in [0.15, 0.2) is 67.0 Å². The molecule has 0 amide bonds. The van der Waals surface area contributed by atoms with Crippen LogP contribution >= 0.6 is 0 Å². The van der Waals surface area contributed by atoms with Crippen molar-refractivity contribution in [3.63, 3.8) is 0 Å². The summed E-state index contributed by atoms with van der Waals surface area (Å²) in [4.78, 5) is 29.0. The lowest BCUT2D eigenvalue weighted by Gasteiger charge is -2.11. The number of carbonyl (C=O) groups is 2. The third kappa shape index (κ3) is 11.4. The maximum Gasteiger partial charge on any atom is 0.417 e. The molecule has 40 heavy (non-hydrogen) atoms. The summed E-state index contributed by atoms with van der Waals surface area (Å²) in [6, 6.07) is 12.7. The lowest BCUT2D eigenvalue weighted by Crippen LogP contribution is -2.25. The van der Waals surface area contributed by atoms with Gasteiger partial charge in [0.2, 0.25) is 0 Å². The Labute approximate surface area is 224 Å². The number of carboxylic acid groups (broad SMARTS) is 1. The van der Waals surface area contributed by atoms with E-state index in [9.17, 15) is 41.0 Å². The molecule has 0 saturated carbocycles. The number of hydrogen-bond donors (Lipinski definition) is 3. The maximum atomic E-state index is 12.4. The molecule has 0 saturated heterocycles. The highest BCUT2D eigenvalue weighted by molar-refractivity contribution is 5.74. The molecule has 0 aliphatic rings. The first-order valence-electron chi connectivity index (χ1n) is 11.0. The number of nitrogens with zero attached hydrogens (tertiary/aromatic N) is 2. The van der Waals surface area contributed by atoms with E-state index >= 15 is 0 Å². The zero-order chi connectivity index (χ0) is 29.2. The number of carbonyl (C=O) groups excluding carboxylic acids is 1. The number of aromatic nitrogens is 2. The van der Waals surface area contributed by atoms with E-state index in [-0.39, 0.29) is 38.3 Å². The molecule has 3 aromatic rings. The summed E-state index contributed by atoms with van der Waals surface area (Å²) >= 11 is 0. The number of alkyl halides is 6. The fourth-order valence-corrected chi connectivity index (χ4v) is 2.82. The van der Waals surface area contributed by atoms with Gasteiger partial charge in [0.1, 0.15) is 6.61 Å². The Bertz CT molecular complexity index is 1200. The van der Waals surface area contributed by atoms with Crippen molar-refractivity contribution < 1.29 is 56.0 Å². The Morgan fingerprint density at radius 3 is 1.57 bits per heavy atom. The zero-order valence-corrected chi connectivity index (χ0v) is 19.9. The van der Waals surface area contributed by atoms with E-state index in [1.165, 1.54) is 0 Å². The van der Waals surface area contributed by atoms with Gasteiger partial charge in [0.05, 0.1) is 11.1 Å². The van der Waals surface area contributed by atoms with E-state index in [0.29, 0.717) is 12.4 Å². The minimum Gasteiger partial charge on any atom is -0.479 e. The predicted octanol–water partition coefficient (Wildman–Crippen LogP) is 4.47. The van der Waals surface area contributed by atoms with Gasteiger partial charge < -0.3 is 20.1 Å². The van der Waals surface area contributed by atoms with Crippen molar-refractivity contribution in [3.8, 4) is 0 Å². The zero-order valence-electron chi connectivity index (χ0n) is 19.9. The fourth-order valence-electron chi connectivity index (χ4n) is 2.82. The first-order chi connectivity index (χ1) is 18.2. The molecule has 0 bridgehead atoms. The van der Waals surface area contributed by atoms with Crippen LogP contribution in [0, 0.1) is 0 Å². The van der Waals surface area contributed by atoms with E-state index in [2.05, 4.69) is 9.97 Å². The minimum atomic E-state index is -4.48. The number of ether oxygens (including phenoxy) is 1. The van der Waals surface area contributed by atoms with Crippen molar-refractivity contribution in [2.24, 2.45) is 0 Å². The first kappa shape index (κ1) is 34.0. The normalized spacial score (nSPS) is 12.7. The SMILES string of the molecule is C.O=C(O)[C@H](O)Cc1ccc(C(F)(F)F)cn1.O=C(OCc1ccccc1)[C@H](O)Cc1ccc(C(F)(F)F)cn1. The third-order valence-corrected chi connectivity index (χ3v) is 4.89. The Kier molecular flexibility index (Phi) is 12.7. The highest BCUT2D eigenvalue weighted by atomic mass is 19.4. The summed E-state index contributed by atoms with van der Waals surface area (Å²) in [7, 11) is 0. The van der Waals surface area contributed by atoms with Gasteiger partial charge in [-0.05, 0) is 29.8 Å². The monoisotopic (exact) mass is 576 g/mol. The largest absolute Gasteiger partial charge is 0.479 e. The quantitative estimate of drug-likeness (QED) is 0.265. The van der Waals surface area contributed by atoms with E-state index in [1.54, 1.807) is 24.3 Å². The number of aliphatic hydroxyl groups excluding tert-OH is 2. The van der Waals surface area contributed by atoms with Gasteiger partial charge in [0.25, 0.3) is 0 Å². The number of hydrogen-bond acceptors (Lipinski definition) is 7. The highest BCUT2D eigenvalue weighted by Crippen LogP contribution is 2.29. The molecule has 14 heteroatoms. The molecule has 3 rings (SSSR count). The van der Waals surface area contributed by atoms with Crippen LogP contribution in [-0.2, 0) is 46.1 Å². The van der Waals surface area contributed by atoms with E-state index in [0.717, 1.165) is 29.8 Å². The molecule has 0 aliphatic carbocycles. The van der Waals surface area contributed by atoms with Gasteiger partial charge in [-0.1, -0.05) is 37.8 Å². The minimum absolute atomic E-state index is 0. The molecular formula is C26H26F6N2O6. The predicted molar refractivity (Wildman–Crippen MR) is 129 cm³/mol. The van der Waals surface area contributed by atoms with Gasteiger partial charge in [-0.25, -0.2) is 9.59 Å². The lowest BCUT2D eigenvalue weighted by atomic mass is 10.1. The van der Waals surface area contributed by atoms with Crippen molar-refractivity contribution in [1.82, 2.24) is 9.97 Å². The van der Waals surface area contributed by atoms with E-state index < -0.39 is 47.6 Å². The molecule has 0 spiro atoms. The van der Waals surface area contributed by atoms with Crippen molar-refractivity contribution in [2.45, 2.75) is 51.4 Å². The Hall–Kier alpha value is -4.04. The molecule has 0 aliphatic heterocycles. The standard InChI is InChI=1S/C16H14F3NO3.C9H8F3NO3.CH4/c17-16(18,19)12-6-7-13(20-9-12)8-14(21)15(22)23-10-11-4-2-1-3-5-11;10-9(11,12)5-1-2-6(13-4-5)3-7(14)8(15)16;/h1-7,9,14,21H,8,10H2;1-2,4,7,14H,3H2,(H,15,16);1H4/t14-;7-;/m11./s1. The van der Waals surface area contributed by atoms with Gasteiger partial charge >= 0.3 is 24.3 Å². The topological polar surface area (TPSA) is 130 Å². The van der Waals surface area contributed by atoms with Crippen molar-refractivity contribution in [1.29, 1.82) is 0 Å². The molecule has 0 radical (unpaired) electrons. The highest BCUT2D eigenvalue weighted by Gasteiger charge is 2.31. The lowest BCUT2D eigenvalue weighted by molar-refractivity contribution is -0.155. The van der Waals surface area contributed by atoms with Crippen LogP contribution in [0.5, 0.6) is 0 Å². The van der Waals surface area contributed by atoms with E-state index in [4.69, 9.17) is 14.9 Å². The van der Waals surface area contributed by atoms with Crippen molar-refractivity contribution >= 4 is 11.9 Å². The fraction of sp³-hybridized carbons (Fsp3) is 0.308. The van der Waals surface area contributed by atoms with Crippen molar-refractivity contribution in [2.75, 3.05) is 0 Å². The molecule has 0 fully saturated rings. The first-order valence-corrected chi connectivity index (χ1v) is 11.0. The summed E-state index contributed by atoms with van der Waals surface area (Å²) in [6.07, 6.45) is -11.4. The Morgan fingerprint density at radius 1 is 0.750 bits per heavy atom. The number of esters is 1. The second kappa shape index (κ2) is 14.9. The molecule has 2 atom stereocenters. The molecule has 2 aromatic heterocycles. The Morgan fingerprint density at radius 2 is 1.20 bits per heavy atom. The maximum absolute atomic E-state index is 12.4. The second-order valence-electron chi connectivity index (χ2n) is 7.94. The number of aliphatic carboxylic acids is 1. The molecule has 8 nitrogen and oxygen atoms in total. The van der Waals surface area contributed by atoms with Gasteiger partial charge in [0.15, 0.2) is 12.2 Å². The molecular weight excluding hydrogens is 550 g/mol. The van der Waals surface area contributed by atoms with Gasteiger partial charge in [-0.3, -0.25) is 9.97 Å². The molecule has 1 aromatic carbocycles. The van der Waals surface area contributed by atoms with Crippen LogP contribution in [-0.4, -0.2) is 49.4 Å². The van der Waals surface area contributed by atoms with Crippen LogP contribution < -0.4 is 0 Å². The average molecular weight is 576 g/mol. The number of benzene rings is 1. The number of rotatable bonds is 8. The third-order valence-electron chi connectivity index (χ3n) is 4.89. The summed E-state index contributed by atoms with van der Waals surface area (Å²) in [5.74, 6) is -2.29. The van der Waals surface area contributed by atoms with Crippen LogP contribution in [0.25, 0.3) is 0 Å². The molecule has 218 valence electrons. The van der Waals surface area contributed by atoms with Crippen LogP contribution in [0.4, 0.5) is 26.3 Å². The molecule has 3 N–H and O–H groups in total. The smallest absolute Gasteiger partial charge is 0.417 e. The van der Waals surface area contributed by atoms with Crippen LogP contribution in [0.3, 0.4) is 0 Å². The van der Waals surface area contributed by atoms with Crippen molar-refractivity contribution in [3.05, 3.63) is 95.1 Å². The van der Waals surface area contributed by atoms with Crippen LogP contribution in [0.2, 0.25) is 0 Å².